The van der Waals surface area contributed by atoms with E-state index in [0.717, 1.165) is 11.1 Å². The lowest BCUT2D eigenvalue weighted by Crippen LogP contribution is -2.25. The van der Waals surface area contributed by atoms with Crippen LogP contribution in [0, 0.1) is 6.92 Å². The largest absolute Gasteiger partial charge is 0.484 e. The molecule has 0 saturated carbocycles. The Labute approximate surface area is 193 Å². The number of aromatic nitrogens is 2. The number of carbonyl (C=O) groups is 2. The predicted molar refractivity (Wildman–Crippen MR) is 123 cm³/mol. The number of aryl methyl sites for hydroxylation is 1. The summed E-state index contributed by atoms with van der Waals surface area (Å²) in [6.07, 6.45) is 0.385. The van der Waals surface area contributed by atoms with Gasteiger partial charge >= 0.3 is 11.9 Å². The fraction of sp³-hybridized carbons (Fsp3) is 0.308. The van der Waals surface area contributed by atoms with Gasteiger partial charge in [-0.05, 0) is 51.0 Å². The number of esters is 2. The Morgan fingerprint density at radius 2 is 1.58 bits per heavy atom. The van der Waals surface area contributed by atoms with Gasteiger partial charge in [-0.25, -0.2) is 14.8 Å². The zero-order valence-electron chi connectivity index (χ0n) is 19.5. The molecule has 0 amide bonds. The van der Waals surface area contributed by atoms with Crippen LogP contribution in [-0.4, -0.2) is 27.5 Å². The molecule has 0 saturated heterocycles. The molecule has 0 aliphatic heterocycles. The van der Waals surface area contributed by atoms with Gasteiger partial charge in [-0.3, -0.25) is 4.79 Å². The van der Waals surface area contributed by atoms with Crippen molar-refractivity contribution in [2.45, 2.75) is 53.2 Å². The molecule has 2 aromatic carbocycles. The fourth-order valence-corrected chi connectivity index (χ4v) is 3.09. The first-order chi connectivity index (χ1) is 15.6. The van der Waals surface area contributed by atoms with Crippen LogP contribution in [0.1, 0.15) is 60.8 Å². The minimum absolute atomic E-state index is 0.0971. The zero-order chi connectivity index (χ0) is 24.0. The highest BCUT2D eigenvalue weighted by Crippen LogP contribution is 2.25. The van der Waals surface area contributed by atoms with Crippen LogP contribution in [0.2, 0.25) is 0 Å². The molecule has 0 atom stereocenters. The lowest BCUT2D eigenvalue weighted by molar-refractivity contribution is -0.131. The maximum absolute atomic E-state index is 13.0. The Balaban J connectivity index is 1.88. The zero-order valence-corrected chi connectivity index (χ0v) is 19.5. The number of benzene rings is 2. The number of nitrogens with zero attached hydrogens (tertiary/aromatic N) is 2. The molecule has 7 heteroatoms. The summed E-state index contributed by atoms with van der Waals surface area (Å²) in [4.78, 5) is 33.1. The average molecular weight is 449 g/mol. The third-order valence-corrected chi connectivity index (χ3v) is 4.45. The van der Waals surface area contributed by atoms with Gasteiger partial charge in [0.1, 0.15) is 23.8 Å². The monoisotopic (exact) mass is 448 g/mol. The molecule has 3 aromatic rings. The van der Waals surface area contributed by atoms with E-state index in [0.29, 0.717) is 29.4 Å². The molecule has 1 heterocycles. The van der Waals surface area contributed by atoms with E-state index < -0.39 is 11.6 Å². The van der Waals surface area contributed by atoms with E-state index in [-0.39, 0.29) is 18.3 Å². The van der Waals surface area contributed by atoms with Gasteiger partial charge in [0, 0.05) is 13.3 Å². The fourth-order valence-electron chi connectivity index (χ4n) is 3.09. The molecule has 0 fully saturated rings. The predicted octanol–water partition coefficient (Wildman–Crippen LogP) is 4.84. The smallest absolute Gasteiger partial charge is 0.361 e. The van der Waals surface area contributed by atoms with Crippen molar-refractivity contribution in [3.05, 3.63) is 82.9 Å². The van der Waals surface area contributed by atoms with E-state index in [4.69, 9.17) is 14.2 Å². The van der Waals surface area contributed by atoms with Crippen LogP contribution in [0.25, 0.3) is 0 Å². The summed E-state index contributed by atoms with van der Waals surface area (Å²) >= 11 is 0. The highest BCUT2D eigenvalue weighted by atomic mass is 16.6. The van der Waals surface area contributed by atoms with E-state index >= 15 is 0 Å². The van der Waals surface area contributed by atoms with Gasteiger partial charge in [0.2, 0.25) is 0 Å². The van der Waals surface area contributed by atoms with Crippen molar-refractivity contribution in [2.24, 2.45) is 0 Å². The second-order valence-corrected chi connectivity index (χ2v) is 8.59. The van der Waals surface area contributed by atoms with Gasteiger partial charge in [0.05, 0.1) is 5.69 Å². The molecular formula is C26H28N2O5. The topological polar surface area (TPSA) is 87.6 Å². The van der Waals surface area contributed by atoms with E-state index in [1.54, 1.807) is 39.8 Å². The summed E-state index contributed by atoms with van der Waals surface area (Å²) in [5.41, 5.74) is 1.83. The molecule has 0 spiro atoms. The summed E-state index contributed by atoms with van der Waals surface area (Å²) in [5, 5.41) is 0. The molecule has 1 aromatic heterocycles. The molecule has 0 aliphatic rings. The number of carbonyl (C=O) groups excluding carboxylic acids is 2. The van der Waals surface area contributed by atoms with Gasteiger partial charge in [-0.15, -0.1) is 0 Å². The molecule has 33 heavy (non-hydrogen) atoms. The molecule has 3 rings (SSSR count). The van der Waals surface area contributed by atoms with Gasteiger partial charge in [-0.2, -0.15) is 0 Å². The van der Waals surface area contributed by atoms with Crippen LogP contribution in [0.3, 0.4) is 0 Å². The third kappa shape index (κ3) is 7.14. The molecule has 0 radical (unpaired) electrons. The Kier molecular flexibility index (Phi) is 7.43. The van der Waals surface area contributed by atoms with Gasteiger partial charge in [-0.1, -0.05) is 42.5 Å². The quantitative estimate of drug-likeness (QED) is 0.378. The number of hydrogen-bond acceptors (Lipinski definition) is 7. The number of hydrogen-bond donors (Lipinski definition) is 0. The maximum atomic E-state index is 13.0. The number of rotatable bonds is 7. The summed E-state index contributed by atoms with van der Waals surface area (Å²) in [6.45, 7) is 8.81. The van der Waals surface area contributed by atoms with Crippen LogP contribution < -0.4 is 9.47 Å². The molecular weight excluding hydrogens is 420 g/mol. The van der Waals surface area contributed by atoms with Crippen LogP contribution in [0.5, 0.6) is 11.5 Å². The second-order valence-electron chi connectivity index (χ2n) is 8.59. The SMILES string of the molecule is CC(=O)Oc1ccc(Cc2nc(C)c(OCc3ccccc3)c(C(=O)OC(C)(C)C)n2)cc1. The van der Waals surface area contributed by atoms with E-state index in [2.05, 4.69) is 9.97 Å². The summed E-state index contributed by atoms with van der Waals surface area (Å²) in [7, 11) is 0. The first kappa shape index (κ1) is 23.9. The first-order valence-electron chi connectivity index (χ1n) is 10.7. The Morgan fingerprint density at radius 1 is 0.909 bits per heavy atom. The molecule has 0 bridgehead atoms. The Bertz CT molecular complexity index is 1120. The second kappa shape index (κ2) is 10.3. The third-order valence-electron chi connectivity index (χ3n) is 4.45. The highest BCUT2D eigenvalue weighted by molar-refractivity contribution is 5.91. The van der Waals surface area contributed by atoms with Crippen LogP contribution in [-0.2, 0) is 22.6 Å². The van der Waals surface area contributed by atoms with E-state index in [9.17, 15) is 9.59 Å². The van der Waals surface area contributed by atoms with Crippen molar-refractivity contribution >= 4 is 11.9 Å². The van der Waals surface area contributed by atoms with Crippen molar-refractivity contribution in [2.75, 3.05) is 0 Å². The summed E-state index contributed by atoms with van der Waals surface area (Å²) < 4.78 is 16.6. The minimum atomic E-state index is -0.681. The molecule has 0 aliphatic carbocycles. The lowest BCUT2D eigenvalue weighted by atomic mass is 10.1. The van der Waals surface area contributed by atoms with Gasteiger partial charge in [0.25, 0.3) is 0 Å². The summed E-state index contributed by atoms with van der Waals surface area (Å²) in [5.74, 6) is 0.280. The highest BCUT2D eigenvalue weighted by Gasteiger charge is 2.25. The Morgan fingerprint density at radius 3 is 2.18 bits per heavy atom. The van der Waals surface area contributed by atoms with Crippen LogP contribution >= 0.6 is 0 Å². The minimum Gasteiger partial charge on any atom is -0.484 e. The normalized spacial score (nSPS) is 11.1. The van der Waals surface area contributed by atoms with Crippen molar-refractivity contribution in [3.63, 3.8) is 0 Å². The maximum Gasteiger partial charge on any atom is 0.361 e. The van der Waals surface area contributed by atoms with Gasteiger partial charge in [0.15, 0.2) is 11.4 Å². The molecule has 172 valence electrons. The Hall–Kier alpha value is -3.74. The van der Waals surface area contributed by atoms with E-state index in [1.807, 2.05) is 42.5 Å². The van der Waals surface area contributed by atoms with Crippen LogP contribution in [0.15, 0.2) is 54.6 Å². The number of ether oxygens (including phenoxy) is 3. The lowest BCUT2D eigenvalue weighted by Gasteiger charge is -2.21. The molecule has 0 N–H and O–H groups in total. The molecule has 0 unspecified atom stereocenters. The van der Waals surface area contributed by atoms with Gasteiger partial charge < -0.3 is 14.2 Å². The van der Waals surface area contributed by atoms with Crippen molar-refractivity contribution < 1.29 is 23.8 Å². The van der Waals surface area contributed by atoms with Crippen molar-refractivity contribution in [1.29, 1.82) is 0 Å². The molecule has 7 nitrogen and oxygen atoms in total. The van der Waals surface area contributed by atoms with Crippen LogP contribution in [0.4, 0.5) is 0 Å². The standard InChI is InChI=1S/C26H28N2O5/c1-17-24(31-16-20-9-7-6-8-10-20)23(25(30)33-26(3,4)5)28-22(27-17)15-19-11-13-21(14-12-19)32-18(2)29/h6-14H,15-16H2,1-5H3. The van der Waals surface area contributed by atoms with Crippen molar-refractivity contribution in [3.8, 4) is 11.5 Å². The van der Waals surface area contributed by atoms with Crippen molar-refractivity contribution in [1.82, 2.24) is 9.97 Å². The average Bonchev–Trinajstić information content (AvgIpc) is 2.73. The van der Waals surface area contributed by atoms with E-state index in [1.165, 1.54) is 6.92 Å². The summed E-state index contributed by atoms with van der Waals surface area (Å²) in [6, 6.07) is 16.7. The first-order valence-corrected chi connectivity index (χ1v) is 10.7.